The zero-order valence-electron chi connectivity index (χ0n) is 19.0. The molecule has 170 valence electrons. The first-order valence-corrected chi connectivity index (χ1v) is 11.4. The van der Waals surface area contributed by atoms with E-state index in [4.69, 9.17) is 4.98 Å². The van der Waals surface area contributed by atoms with E-state index in [1.54, 1.807) is 20.0 Å². The van der Waals surface area contributed by atoms with Gasteiger partial charge in [-0.05, 0) is 43.0 Å². The number of hydrogen-bond donors (Lipinski definition) is 1. The number of benzene rings is 1. The second-order valence-corrected chi connectivity index (χ2v) is 8.56. The summed E-state index contributed by atoms with van der Waals surface area (Å²) in [6.07, 6.45) is 5.51. The predicted octanol–water partition coefficient (Wildman–Crippen LogP) is 2.23. The largest absolute Gasteiger partial charge is 0.355 e. The van der Waals surface area contributed by atoms with Crippen molar-refractivity contribution >= 4 is 17.8 Å². The molecule has 8 heteroatoms. The average Bonchev–Trinajstić information content (AvgIpc) is 2.84. The monoisotopic (exact) mass is 436 g/mol. The molecule has 1 N–H and O–H groups in total. The number of nitrogens with zero attached hydrogens (tertiary/aromatic N) is 5. The summed E-state index contributed by atoms with van der Waals surface area (Å²) in [5.41, 5.74) is 2.57. The Kier molecular flexibility index (Phi) is 6.99. The number of piperidine rings is 1. The van der Waals surface area contributed by atoms with Crippen molar-refractivity contribution in [1.29, 1.82) is 0 Å². The van der Waals surface area contributed by atoms with E-state index in [-0.39, 0.29) is 17.9 Å². The smallest absolute Gasteiger partial charge is 0.251 e. The van der Waals surface area contributed by atoms with E-state index in [0.717, 1.165) is 36.8 Å². The molecule has 3 heterocycles. The summed E-state index contributed by atoms with van der Waals surface area (Å²) in [5.74, 6) is 0.744. The molecule has 2 aliphatic heterocycles. The molecule has 1 aromatic carbocycles. The van der Waals surface area contributed by atoms with Crippen molar-refractivity contribution in [3.8, 4) is 0 Å². The summed E-state index contributed by atoms with van der Waals surface area (Å²) in [6, 6.07) is 9.44. The van der Waals surface area contributed by atoms with E-state index in [9.17, 15) is 9.59 Å². The topological polar surface area (TPSA) is 81.7 Å². The quantitative estimate of drug-likeness (QED) is 0.774. The van der Waals surface area contributed by atoms with Crippen molar-refractivity contribution in [2.45, 2.75) is 38.8 Å². The molecule has 0 aliphatic carbocycles. The number of rotatable bonds is 5. The van der Waals surface area contributed by atoms with Gasteiger partial charge >= 0.3 is 0 Å². The zero-order chi connectivity index (χ0) is 22.5. The van der Waals surface area contributed by atoms with Crippen LogP contribution in [-0.2, 0) is 11.3 Å². The molecule has 0 unspecified atom stereocenters. The van der Waals surface area contributed by atoms with E-state index in [1.807, 2.05) is 35.4 Å². The van der Waals surface area contributed by atoms with Gasteiger partial charge in [0, 0.05) is 65.0 Å². The van der Waals surface area contributed by atoms with E-state index >= 15 is 0 Å². The Morgan fingerprint density at radius 3 is 2.66 bits per heavy atom. The van der Waals surface area contributed by atoms with Crippen LogP contribution in [0, 0.1) is 0 Å². The summed E-state index contributed by atoms with van der Waals surface area (Å²) in [4.78, 5) is 40.3. The number of aromatic nitrogens is 2. The van der Waals surface area contributed by atoms with Crippen LogP contribution in [0.15, 0.2) is 36.5 Å². The lowest BCUT2D eigenvalue weighted by Gasteiger charge is -2.41. The summed E-state index contributed by atoms with van der Waals surface area (Å²) in [5, 5.41) is 2.67. The standard InChI is InChI=1S/C24H32N6O2/c1-18(31)30-14-13-28(17-22(30)19-7-6-8-20(15-19)23(32)25-2)16-21-9-10-26-24(27-21)29-11-4-3-5-12-29/h6-10,15,22H,3-5,11-14,16-17H2,1-2H3,(H,25,32)/t22-/m1/s1. The van der Waals surface area contributed by atoms with Crippen molar-refractivity contribution in [3.63, 3.8) is 0 Å². The van der Waals surface area contributed by atoms with Crippen LogP contribution in [0.2, 0.25) is 0 Å². The summed E-state index contributed by atoms with van der Waals surface area (Å²) in [6.45, 7) is 6.48. The first-order valence-electron chi connectivity index (χ1n) is 11.4. The number of piperazine rings is 1. The van der Waals surface area contributed by atoms with Gasteiger partial charge in [0.05, 0.1) is 11.7 Å². The highest BCUT2D eigenvalue weighted by Gasteiger charge is 2.30. The Labute approximate surface area is 189 Å². The predicted molar refractivity (Wildman–Crippen MR) is 123 cm³/mol. The molecule has 4 rings (SSSR count). The Morgan fingerprint density at radius 2 is 1.91 bits per heavy atom. The number of amides is 2. The molecule has 2 aromatic rings. The molecule has 0 radical (unpaired) electrons. The highest BCUT2D eigenvalue weighted by Crippen LogP contribution is 2.27. The van der Waals surface area contributed by atoms with Crippen molar-refractivity contribution in [1.82, 2.24) is 25.1 Å². The lowest BCUT2D eigenvalue weighted by atomic mass is 9.99. The molecular weight excluding hydrogens is 404 g/mol. The van der Waals surface area contributed by atoms with Gasteiger partial charge in [-0.25, -0.2) is 9.97 Å². The fraction of sp³-hybridized carbons (Fsp3) is 0.500. The van der Waals surface area contributed by atoms with E-state index in [0.29, 0.717) is 25.2 Å². The maximum Gasteiger partial charge on any atom is 0.251 e. The third kappa shape index (κ3) is 5.07. The maximum absolute atomic E-state index is 12.3. The maximum atomic E-state index is 12.3. The highest BCUT2D eigenvalue weighted by atomic mass is 16.2. The summed E-state index contributed by atoms with van der Waals surface area (Å²) < 4.78 is 0. The van der Waals surface area contributed by atoms with Crippen molar-refractivity contribution < 1.29 is 9.59 Å². The summed E-state index contributed by atoms with van der Waals surface area (Å²) >= 11 is 0. The normalized spacial score (nSPS) is 19.6. The second-order valence-electron chi connectivity index (χ2n) is 8.56. The minimum atomic E-state index is -0.125. The average molecular weight is 437 g/mol. The Hall–Kier alpha value is -3.00. The highest BCUT2D eigenvalue weighted by molar-refractivity contribution is 5.94. The van der Waals surface area contributed by atoms with Gasteiger partial charge in [0.2, 0.25) is 11.9 Å². The molecule has 0 bridgehead atoms. The molecular formula is C24H32N6O2. The zero-order valence-corrected chi connectivity index (χ0v) is 19.0. The molecule has 1 aromatic heterocycles. The first kappa shape index (κ1) is 22.2. The number of anilines is 1. The van der Waals surface area contributed by atoms with Gasteiger partial charge < -0.3 is 15.1 Å². The van der Waals surface area contributed by atoms with Crippen LogP contribution in [-0.4, -0.2) is 71.4 Å². The van der Waals surface area contributed by atoms with E-state index < -0.39 is 0 Å². The molecule has 32 heavy (non-hydrogen) atoms. The van der Waals surface area contributed by atoms with Gasteiger partial charge in [-0.3, -0.25) is 14.5 Å². The van der Waals surface area contributed by atoms with Gasteiger partial charge in [-0.15, -0.1) is 0 Å². The minimum absolute atomic E-state index is 0.0504. The van der Waals surface area contributed by atoms with Crippen LogP contribution in [0.1, 0.15) is 53.8 Å². The number of carbonyl (C=O) groups excluding carboxylic acids is 2. The number of hydrogen-bond acceptors (Lipinski definition) is 6. The van der Waals surface area contributed by atoms with Gasteiger partial charge in [-0.2, -0.15) is 0 Å². The van der Waals surface area contributed by atoms with Gasteiger partial charge in [-0.1, -0.05) is 12.1 Å². The number of carbonyl (C=O) groups is 2. The lowest BCUT2D eigenvalue weighted by molar-refractivity contribution is -0.134. The van der Waals surface area contributed by atoms with Crippen molar-refractivity contribution in [2.24, 2.45) is 0 Å². The van der Waals surface area contributed by atoms with Crippen LogP contribution in [0.5, 0.6) is 0 Å². The van der Waals surface area contributed by atoms with Gasteiger partial charge in [0.25, 0.3) is 5.91 Å². The molecule has 0 saturated carbocycles. The lowest BCUT2D eigenvalue weighted by Crippen LogP contribution is -2.49. The van der Waals surface area contributed by atoms with Crippen molar-refractivity contribution in [2.75, 3.05) is 44.7 Å². The molecule has 2 aliphatic rings. The molecule has 8 nitrogen and oxygen atoms in total. The summed E-state index contributed by atoms with van der Waals surface area (Å²) in [7, 11) is 1.62. The fourth-order valence-electron chi connectivity index (χ4n) is 4.62. The van der Waals surface area contributed by atoms with Gasteiger partial charge in [0.1, 0.15) is 0 Å². The Balaban J connectivity index is 1.51. The number of nitrogens with one attached hydrogen (secondary N) is 1. The third-order valence-electron chi connectivity index (χ3n) is 6.35. The Bertz CT molecular complexity index is 959. The van der Waals surface area contributed by atoms with Crippen LogP contribution in [0.4, 0.5) is 5.95 Å². The second kappa shape index (κ2) is 10.1. The first-order chi connectivity index (χ1) is 15.5. The van der Waals surface area contributed by atoms with Gasteiger partial charge in [0.15, 0.2) is 0 Å². The minimum Gasteiger partial charge on any atom is -0.355 e. The molecule has 2 saturated heterocycles. The van der Waals surface area contributed by atoms with Crippen LogP contribution < -0.4 is 10.2 Å². The third-order valence-corrected chi connectivity index (χ3v) is 6.35. The molecule has 2 amide bonds. The van der Waals surface area contributed by atoms with Crippen LogP contribution >= 0.6 is 0 Å². The van der Waals surface area contributed by atoms with Crippen LogP contribution in [0.25, 0.3) is 0 Å². The molecule has 2 fully saturated rings. The Morgan fingerprint density at radius 1 is 1.09 bits per heavy atom. The van der Waals surface area contributed by atoms with E-state index in [2.05, 4.69) is 20.1 Å². The molecule has 1 atom stereocenters. The van der Waals surface area contributed by atoms with E-state index in [1.165, 1.54) is 19.3 Å². The van der Waals surface area contributed by atoms with Crippen LogP contribution in [0.3, 0.4) is 0 Å². The fourth-order valence-corrected chi connectivity index (χ4v) is 4.62. The van der Waals surface area contributed by atoms with Crippen molar-refractivity contribution in [3.05, 3.63) is 53.3 Å². The molecule has 0 spiro atoms. The SMILES string of the molecule is CNC(=O)c1cccc([C@H]2CN(Cc3ccnc(N4CCCCC4)n3)CCN2C(C)=O)c1.